The molecule has 0 radical (unpaired) electrons. The molecule has 112 valence electrons. The molecule has 1 unspecified atom stereocenters. The van der Waals surface area contributed by atoms with Crippen molar-refractivity contribution in [2.45, 2.75) is 18.8 Å². The van der Waals surface area contributed by atoms with Crippen molar-refractivity contribution < 1.29 is 4.39 Å². The van der Waals surface area contributed by atoms with E-state index >= 15 is 0 Å². The number of halogens is 1. The van der Waals surface area contributed by atoms with Gasteiger partial charge in [0.15, 0.2) is 11.5 Å². The van der Waals surface area contributed by atoms with Crippen molar-refractivity contribution in [1.82, 2.24) is 25.1 Å². The molecule has 5 nitrogen and oxygen atoms in total. The van der Waals surface area contributed by atoms with Crippen LogP contribution in [0.2, 0.25) is 0 Å². The number of nitrogens with zero attached hydrogens (tertiary/aromatic N) is 4. The lowest BCUT2D eigenvalue weighted by atomic mass is 9.99. The third-order valence-electron chi connectivity index (χ3n) is 4.09. The van der Waals surface area contributed by atoms with Crippen LogP contribution in [0.1, 0.15) is 24.6 Å². The lowest BCUT2D eigenvalue weighted by Gasteiger charge is -2.20. The summed E-state index contributed by atoms with van der Waals surface area (Å²) in [5.41, 5.74) is 2.41. The summed E-state index contributed by atoms with van der Waals surface area (Å²) < 4.78 is 14.9. The predicted octanol–water partition coefficient (Wildman–Crippen LogP) is 2.40. The second kappa shape index (κ2) is 5.46. The monoisotopic (exact) mass is 297 g/mol. The fourth-order valence-corrected chi connectivity index (χ4v) is 2.91. The van der Waals surface area contributed by atoms with Crippen molar-refractivity contribution in [1.29, 1.82) is 0 Å². The Bertz CT molecular complexity index is 790. The van der Waals surface area contributed by atoms with Crippen LogP contribution in [0.4, 0.5) is 4.39 Å². The minimum absolute atomic E-state index is 0.247. The summed E-state index contributed by atoms with van der Waals surface area (Å²) in [4.78, 5) is 0. The number of aromatic nitrogens is 4. The Labute approximate surface area is 127 Å². The maximum Gasteiger partial charge on any atom is 0.177 e. The molecule has 3 aromatic rings. The molecule has 0 aliphatic carbocycles. The van der Waals surface area contributed by atoms with Gasteiger partial charge in [-0.2, -0.15) is 9.61 Å². The number of rotatable bonds is 2. The van der Waals surface area contributed by atoms with Gasteiger partial charge >= 0.3 is 0 Å². The van der Waals surface area contributed by atoms with E-state index in [-0.39, 0.29) is 5.82 Å². The first kappa shape index (κ1) is 13.3. The minimum atomic E-state index is -0.247. The van der Waals surface area contributed by atoms with Gasteiger partial charge in [-0.1, -0.05) is 0 Å². The molecule has 3 heterocycles. The predicted molar refractivity (Wildman–Crippen MR) is 81.0 cm³/mol. The summed E-state index contributed by atoms with van der Waals surface area (Å²) in [7, 11) is 0. The highest BCUT2D eigenvalue weighted by Crippen LogP contribution is 2.23. The fourth-order valence-electron chi connectivity index (χ4n) is 2.91. The van der Waals surface area contributed by atoms with E-state index in [0.29, 0.717) is 5.92 Å². The number of nitrogens with one attached hydrogen (secondary N) is 1. The summed E-state index contributed by atoms with van der Waals surface area (Å²) in [6.07, 6.45) is 2.23. The van der Waals surface area contributed by atoms with Crippen LogP contribution in [0.5, 0.6) is 0 Å². The van der Waals surface area contributed by atoms with E-state index in [0.717, 1.165) is 48.7 Å². The number of hydrogen-bond acceptors (Lipinski definition) is 4. The molecule has 0 spiro atoms. The van der Waals surface area contributed by atoms with Crippen LogP contribution >= 0.6 is 0 Å². The van der Waals surface area contributed by atoms with E-state index in [4.69, 9.17) is 0 Å². The van der Waals surface area contributed by atoms with E-state index in [2.05, 4.69) is 20.6 Å². The lowest BCUT2D eigenvalue weighted by Crippen LogP contribution is -2.29. The first-order valence-electron chi connectivity index (χ1n) is 7.50. The van der Waals surface area contributed by atoms with Crippen molar-refractivity contribution in [3.63, 3.8) is 0 Å². The van der Waals surface area contributed by atoms with Crippen LogP contribution < -0.4 is 5.32 Å². The Hall–Kier alpha value is -2.34. The van der Waals surface area contributed by atoms with E-state index in [1.54, 1.807) is 12.1 Å². The minimum Gasteiger partial charge on any atom is -0.316 e. The SMILES string of the molecule is Fc1ccc(-c2ccc3nnc(C4CCCNC4)n3n2)cc1. The Morgan fingerprint density at radius 3 is 2.73 bits per heavy atom. The van der Waals surface area contributed by atoms with Crippen LogP contribution in [0.15, 0.2) is 36.4 Å². The number of piperidine rings is 1. The van der Waals surface area contributed by atoms with Crippen LogP contribution in [0.3, 0.4) is 0 Å². The molecule has 1 atom stereocenters. The van der Waals surface area contributed by atoms with Crippen LogP contribution in [-0.4, -0.2) is 32.9 Å². The van der Waals surface area contributed by atoms with Gasteiger partial charge in [-0.25, -0.2) is 4.39 Å². The maximum atomic E-state index is 13.1. The van der Waals surface area contributed by atoms with Crippen LogP contribution in [0.25, 0.3) is 16.9 Å². The molecule has 0 amide bonds. The molecule has 1 aliphatic heterocycles. The van der Waals surface area contributed by atoms with Crippen molar-refractivity contribution in [3.8, 4) is 11.3 Å². The van der Waals surface area contributed by atoms with Gasteiger partial charge in [0.2, 0.25) is 0 Å². The highest BCUT2D eigenvalue weighted by molar-refractivity contribution is 5.60. The zero-order valence-electron chi connectivity index (χ0n) is 12.0. The molecule has 1 N–H and O–H groups in total. The van der Waals surface area contributed by atoms with Crippen molar-refractivity contribution >= 4 is 5.65 Å². The summed E-state index contributed by atoms with van der Waals surface area (Å²) in [5.74, 6) is 0.981. The van der Waals surface area contributed by atoms with Crippen LogP contribution in [-0.2, 0) is 0 Å². The molecular weight excluding hydrogens is 281 g/mol. The van der Waals surface area contributed by atoms with Crippen molar-refractivity contribution in [2.24, 2.45) is 0 Å². The van der Waals surface area contributed by atoms with Gasteiger partial charge in [0.25, 0.3) is 0 Å². The Balaban J connectivity index is 1.77. The number of benzene rings is 1. The summed E-state index contributed by atoms with van der Waals surface area (Å²) in [5, 5.41) is 16.6. The molecule has 1 aliphatic rings. The Morgan fingerprint density at radius 1 is 1.09 bits per heavy atom. The number of hydrogen-bond donors (Lipinski definition) is 1. The first-order chi connectivity index (χ1) is 10.8. The molecule has 1 saturated heterocycles. The van der Waals surface area contributed by atoms with Gasteiger partial charge in [-0.15, -0.1) is 10.2 Å². The molecule has 1 aromatic carbocycles. The highest BCUT2D eigenvalue weighted by atomic mass is 19.1. The molecule has 4 rings (SSSR count). The van der Waals surface area contributed by atoms with Gasteiger partial charge in [-0.05, 0) is 55.8 Å². The highest BCUT2D eigenvalue weighted by Gasteiger charge is 2.21. The smallest absolute Gasteiger partial charge is 0.177 e. The third-order valence-corrected chi connectivity index (χ3v) is 4.09. The molecule has 0 saturated carbocycles. The maximum absolute atomic E-state index is 13.1. The topological polar surface area (TPSA) is 55.1 Å². The van der Waals surface area contributed by atoms with Crippen molar-refractivity contribution in [3.05, 3.63) is 48.0 Å². The van der Waals surface area contributed by atoms with Gasteiger partial charge in [0.1, 0.15) is 5.82 Å². The van der Waals surface area contributed by atoms with Gasteiger partial charge in [0.05, 0.1) is 5.69 Å². The Morgan fingerprint density at radius 2 is 1.95 bits per heavy atom. The third kappa shape index (κ3) is 2.35. The summed E-state index contributed by atoms with van der Waals surface area (Å²) in [6, 6.07) is 10.1. The summed E-state index contributed by atoms with van der Waals surface area (Å²) in [6.45, 7) is 1.96. The molecular formula is C16H16FN5. The van der Waals surface area contributed by atoms with Crippen molar-refractivity contribution in [2.75, 3.05) is 13.1 Å². The number of fused-ring (bicyclic) bond motifs is 1. The quantitative estimate of drug-likeness (QED) is 0.789. The molecule has 0 bridgehead atoms. The standard InChI is InChI=1S/C16H16FN5/c17-13-5-3-11(4-6-13)14-7-8-15-19-20-16(22(15)21-14)12-2-1-9-18-10-12/h3-8,12,18H,1-2,9-10H2. The zero-order chi connectivity index (χ0) is 14.9. The van der Waals surface area contributed by atoms with E-state index < -0.39 is 0 Å². The summed E-state index contributed by atoms with van der Waals surface area (Å²) >= 11 is 0. The Kier molecular flexibility index (Phi) is 3.31. The normalized spacial score (nSPS) is 18.7. The van der Waals surface area contributed by atoms with Gasteiger partial charge < -0.3 is 5.32 Å². The van der Waals surface area contributed by atoms with Gasteiger partial charge in [0, 0.05) is 18.0 Å². The fraction of sp³-hybridized carbons (Fsp3) is 0.312. The van der Waals surface area contributed by atoms with E-state index in [9.17, 15) is 4.39 Å². The molecule has 1 fully saturated rings. The van der Waals surface area contributed by atoms with E-state index in [1.807, 2.05) is 16.6 Å². The second-order valence-corrected chi connectivity index (χ2v) is 5.60. The van der Waals surface area contributed by atoms with Gasteiger partial charge in [-0.3, -0.25) is 0 Å². The average Bonchev–Trinajstić information content (AvgIpc) is 2.99. The first-order valence-corrected chi connectivity index (χ1v) is 7.50. The lowest BCUT2D eigenvalue weighted by molar-refractivity contribution is 0.440. The second-order valence-electron chi connectivity index (χ2n) is 5.60. The van der Waals surface area contributed by atoms with Crippen LogP contribution in [0, 0.1) is 5.82 Å². The van der Waals surface area contributed by atoms with E-state index in [1.165, 1.54) is 12.1 Å². The average molecular weight is 297 g/mol. The zero-order valence-corrected chi connectivity index (χ0v) is 12.0. The largest absolute Gasteiger partial charge is 0.316 e. The molecule has 2 aromatic heterocycles. The molecule has 6 heteroatoms. The molecule has 22 heavy (non-hydrogen) atoms.